The first-order valence-electron chi connectivity index (χ1n) is 8.47. The molecule has 2 aromatic carbocycles. The van der Waals surface area contributed by atoms with E-state index in [4.69, 9.17) is 21.1 Å². The SMILES string of the molecule is CC(C)(C)OC(=O)Nc1ccc(Cl)cc1C(O)c1cccc2c1OCC2. The zero-order valence-corrected chi connectivity index (χ0v) is 15.8. The monoisotopic (exact) mass is 375 g/mol. The summed E-state index contributed by atoms with van der Waals surface area (Å²) in [5.74, 6) is 0.697. The minimum atomic E-state index is -0.994. The second kappa shape index (κ2) is 7.17. The van der Waals surface area contributed by atoms with Gasteiger partial charge in [-0.05, 0) is 44.5 Å². The molecule has 1 aliphatic rings. The number of nitrogens with one attached hydrogen (secondary N) is 1. The highest BCUT2D eigenvalue weighted by atomic mass is 35.5. The van der Waals surface area contributed by atoms with Crippen LogP contribution in [-0.4, -0.2) is 23.4 Å². The summed E-state index contributed by atoms with van der Waals surface area (Å²) in [6, 6.07) is 10.6. The first kappa shape index (κ1) is 18.5. The first-order chi connectivity index (χ1) is 12.2. The molecule has 2 aromatic rings. The predicted molar refractivity (Wildman–Crippen MR) is 101 cm³/mol. The highest BCUT2D eigenvalue weighted by Gasteiger charge is 2.25. The number of fused-ring (bicyclic) bond motifs is 1. The van der Waals surface area contributed by atoms with Crippen LogP contribution in [0.4, 0.5) is 10.5 Å². The van der Waals surface area contributed by atoms with Gasteiger partial charge in [-0.1, -0.05) is 29.8 Å². The number of aliphatic hydroxyl groups excluding tert-OH is 1. The molecule has 2 N–H and O–H groups in total. The zero-order valence-electron chi connectivity index (χ0n) is 15.0. The van der Waals surface area contributed by atoms with E-state index in [2.05, 4.69) is 5.32 Å². The van der Waals surface area contributed by atoms with Gasteiger partial charge in [-0.2, -0.15) is 0 Å². The zero-order chi connectivity index (χ0) is 18.9. The Kier molecular flexibility index (Phi) is 5.12. The molecule has 1 heterocycles. The van der Waals surface area contributed by atoms with E-state index in [-0.39, 0.29) is 0 Å². The summed E-state index contributed by atoms with van der Waals surface area (Å²) in [4.78, 5) is 12.1. The van der Waals surface area contributed by atoms with Crippen molar-refractivity contribution in [2.24, 2.45) is 0 Å². The largest absolute Gasteiger partial charge is 0.493 e. The smallest absolute Gasteiger partial charge is 0.412 e. The van der Waals surface area contributed by atoms with Crippen LogP contribution in [0.1, 0.15) is 43.6 Å². The standard InChI is InChI=1S/C20H22ClNO4/c1-20(2,3)26-19(24)22-16-8-7-13(21)11-15(16)17(23)14-6-4-5-12-9-10-25-18(12)14/h4-8,11,17,23H,9-10H2,1-3H3,(H,22,24). The van der Waals surface area contributed by atoms with Crippen molar-refractivity contribution < 1.29 is 19.4 Å². The molecule has 1 atom stereocenters. The molecule has 0 bridgehead atoms. The lowest BCUT2D eigenvalue weighted by molar-refractivity contribution is 0.0635. The van der Waals surface area contributed by atoms with Crippen LogP contribution in [0, 0.1) is 0 Å². The number of para-hydroxylation sites is 1. The van der Waals surface area contributed by atoms with Crippen molar-refractivity contribution in [2.45, 2.75) is 38.9 Å². The molecule has 5 nitrogen and oxygen atoms in total. The molecular formula is C20H22ClNO4. The number of aliphatic hydroxyl groups is 1. The Labute approximate surface area is 157 Å². The number of ether oxygens (including phenoxy) is 2. The summed E-state index contributed by atoms with van der Waals surface area (Å²) in [6.45, 7) is 5.95. The summed E-state index contributed by atoms with van der Waals surface area (Å²) >= 11 is 6.12. The lowest BCUT2D eigenvalue weighted by Crippen LogP contribution is -2.27. The van der Waals surface area contributed by atoms with E-state index in [0.29, 0.717) is 34.2 Å². The van der Waals surface area contributed by atoms with Crippen molar-refractivity contribution in [1.82, 2.24) is 0 Å². The molecule has 0 radical (unpaired) electrons. The van der Waals surface area contributed by atoms with Gasteiger partial charge in [0.2, 0.25) is 0 Å². The summed E-state index contributed by atoms with van der Waals surface area (Å²) < 4.78 is 11.0. The number of carbonyl (C=O) groups excluding carboxylic acids is 1. The van der Waals surface area contributed by atoms with Crippen LogP contribution in [0.15, 0.2) is 36.4 Å². The van der Waals surface area contributed by atoms with E-state index in [1.165, 1.54) is 0 Å². The molecule has 6 heteroatoms. The average Bonchev–Trinajstić information content (AvgIpc) is 3.02. The van der Waals surface area contributed by atoms with E-state index in [0.717, 1.165) is 12.0 Å². The van der Waals surface area contributed by atoms with Crippen molar-refractivity contribution in [3.63, 3.8) is 0 Å². The van der Waals surface area contributed by atoms with Gasteiger partial charge in [-0.3, -0.25) is 5.32 Å². The molecule has 0 fully saturated rings. The molecule has 1 amide bonds. The number of hydrogen-bond acceptors (Lipinski definition) is 4. The second-order valence-electron chi connectivity index (χ2n) is 7.19. The van der Waals surface area contributed by atoms with Crippen LogP contribution in [0.3, 0.4) is 0 Å². The molecule has 26 heavy (non-hydrogen) atoms. The Morgan fingerprint density at radius 1 is 1.27 bits per heavy atom. The summed E-state index contributed by atoms with van der Waals surface area (Å²) in [5.41, 5.74) is 2.00. The van der Waals surface area contributed by atoms with E-state index in [1.54, 1.807) is 39.0 Å². The van der Waals surface area contributed by atoms with Crippen molar-refractivity contribution in [3.8, 4) is 5.75 Å². The Balaban J connectivity index is 1.93. The van der Waals surface area contributed by atoms with E-state index < -0.39 is 17.8 Å². The van der Waals surface area contributed by atoms with Crippen molar-refractivity contribution in [2.75, 3.05) is 11.9 Å². The first-order valence-corrected chi connectivity index (χ1v) is 8.84. The summed E-state index contributed by atoms with van der Waals surface area (Å²) in [6.07, 6.45) is -0.774. The summed E-state index contributed by atoms with van der Waals surface area (Å²) in [5, 5.41) is 14.1. The summed E-state index contributed by atoms with van der Waals surface area (Å²) in [7, 11) is 0. The molecule has 0 aliphatic carbocycles. The van der Waals surface area contributed by atoms with Crippen LogP contribution in [0.2, 0.25) is 5.02 Å². The maximum Gasteiger partial charge on any atom is 0.412 e. The van der Waals surface area contributed by atoms with Gasteiger partial charge in [0.1, 0.15) is 17.5 Å². The van der Waals surface area contributed by atoms with Crippen LogP contribution in [-0.2, 0) is 11.2 Å². The number of anilines is 1. The van der Waals surface area contributed by atoms with Crippen molar-refractivity contribution in [1.29, 1.82) is 0 Å². The van der Waals surface area contributed by atoms with Gasteiger partial charge >= 0.3 is 6.09 Å². The third-order valence-corrected chi connectivity index (χ3v) is 4.22. The third-order valence-electron chi connectivity index (χ3n) is 3.98. The van der Waals surface area contributed by atoms with Gasteiger partial charge in [0.05, 0.1) is 12.3 Å². The molecule has 1 unspecified atom stereocenters. The fourth-order valence-corrected chi connectivity index (χ4v) is 3.09. The Morgan fingerprint density at radius 3 is 2.77 bits per heavy atom. The van der Waals surface area contributed by atoms with Crippen LogP contribution >= 0.6 is 11.6 Å². The molecule has 138 valence electrons. The van der Waals surface area contributed by atoms with Crippen LogP contribution in [0.25, 0.3) is 0 Å². The minimum absolute atomic E-state index is 0.437. The van der Waals surface area contributed by atoms with Gasteiger partial charge in [0, 0.05) is 22.6 Å². The number of carbonyl (C=O) groups is 1. The Morgan fingerprint density at radius 2 is 2.04 bits per heavy atom. The van der Waals surface area contributed by atoms with E-state index in [9.17, 15) is 9.90 Å². The number of amides is 1. The maximum absolute atomic E-state index is 12.1. The quantitative estimate of drug-likeness (QED) is 0.815. The normalized spacial score (nSPS) is 14.3. The Bertz CT molecular complexity index is 829. The van der Waals surface area contributed by atoms with Gasteiger partial charge < -0.3 is 14.6 Å². The molecule has 0 spiro atoms. The van der Waals surface area contributed by atoms with Gasteiger partial charge in [-0.25, -0.2) is 4.79 Å². The molecule has 0 aromatic heterocycles. The molecule has 0 saturated heterocycles. The molecular weight excluding hydrogens is 354 g/mol. The van der Waals surface area contributed by atoms with Gasteiger partial charge in [0.25, 0.3) is 0 Å². The highest BCUT2D eigenvalue weighted by Crippen LogP contribution is 2.39. The molecule has 0 saturated carbocycles. The fraction of sp³-hybridized carbons (Fsp3) is 0.350. The van der Waals surface area contributed by atoms with Crippen LogP contribution < -0.4 is 10.1 Å². The second-order valence-corrected chi connectivity index (χ2v) is 7.63. The van der Waals surface area contributed by atoms with E-state index in [1.807, 2.05) is 18.2 Å². The van der Waals surface area contributed by atoms with Crippen molar-refractivity contribution in [3.05, 3.63) is 58.1 Å². The third kappa shape index (κ3) is 4.11. The number of benzene rings is 2. The maximum atomic E-state index is 12.1. The van der Waals surface area contributed by atoms with Crippen molar-refractivity contribution >= 4 is 23.4 Å². The van der Waals surface area contributed by atoms with Gasteiger partial charge in [0.15, 0.2) is 0 Å². The average molecular weight is 376 g/mol. The lowest BCUT2D eigenvalue weighted by atomic mass is 9.97. The van der Waals surface area contributed by atoms with Gasteiger partial charge in [-0.15, -0.1) is 0 Å². The minimum Gasteiger partial charge on any atom is -0.493 e. The number of halogens is 1. The fourth-order valence-electron chi connectivity index (χ4n) is 2.91. The lowest BCUT2D eigenvalue weighted by Gasteiger charge is -2.22. The topological polar surface area (TPSA) is 67.8 Å². The number of rotatable bonds is 3. The highest BCUT2D eigenvalue weighted by molar-refractivity contribution is 6.30. The Hall–Kier alpha value is -2.24. The van der Waals surface area contributed by atoms with E-state index >= 15 is 0 Å². The van der Waals surface area contributed by atoms with Crippen LogP contribution in [0.5, 0.6) is 5.75 Å². The molecule has 3 rings (SSSR count). The predicted octanol–water partition coefficient (Wildman–Crippen LogP) is 4.70. The molecule has 1 aliphatic heterocycles. The number of hydrogen-bond donors (Lipinski definition) is 2.